The predicted molar refractivity (Wildman–Crippen MR) is 74.0 cm³/mol. The Labute approximate surface area is 111 Å². The molecule has 0 spiro atoms. The zero-order valence-electron chi connectivity index (χ0n) is 10.3. The molecule has 17 heavy (non-hydrogen) atoms. The molecular formula is C14H17BrN2. The summed E-state index contributed by atoms with van der Waals surface area (Å²) in [5, 5.41) is 9.24. The van der Waals surface area contributed by atoms with Crippen molar-refractivity contribution >= 4 is 21.6 Å². The van der Waals surface area contributed by atoms with E-state index in [0.29, 0.717) is 5.92 Å². The number of hydrogen-bond acceptors (Lipinski definition) is 2. The summed E-state index contributed by atoms with van der Waals surface area (Å²) in [6, 6.07) is 8.28. The molecule has 0 aromatic heterocycles. The normalized spacial score (nSPS) is 24.5. The molecule has 2 nitrogen and oxygen atoms in total. The largest absolute Gasteiger partial charge is 0.370 e. The van der Waals surface area contributed by atoms with Crippen molar-refractivity contribution in [1.82, 2.24) is 0 Å². The molecule has 2 atom stereocenters. The second-order valence-electron chi connectivity index (χ2n) is 4.94. The Balaban J connectivity index is 2.29. The van der Waals surface area contributed by atoms with Gasteiger partial charge in [0.25, 0.3) is 0 Å². The second kappa shape index (κ2) is 5.10. The van der Waals surface area contributed by atoms with E-state index in [1.54, 1.807) is 0 Å². The Kier molecular flexibility index (Phi) is 3.73. The van der Waals surface area contributed by atoms with E-state index >= 15 is 0 Å². The smallest absolute Gasteiger partial charge is 0.103 e. The van der Waals surface area contributed by atoms with E-state index in [9.17, 15) is 5.26 Å². The third kappa shape index (κ3) is 2.47. The first-order valence-electron chi connectivity index (χ1n) is 6.07. The van der Waals surface area contributed by atoms with Gasteiger partial charge in [-0.3, -0.25) is 0 Å². The van der Waals surface area contributed by atoms with Crippen molar-refractivity contribution in [1.29, 1.82) is 5.26 Å². The molecule has 1 aliphatic rings. The lowest BCUT2D eigenvalue weighted by molar-refractivity contribution is 0.324. The summed E-state index contributed by atoms with van der Waals surface area (Å²) in [5.41, 5.74) is 1.83. The van der Waals surface area contributed by atoms with Gasteiger partial charge >= 0.3 is 0 Å². The number of halogens is 1. The Morgan fingerprint density at radius 2 is 2.12 bits per heavy atom. The number of hydrogen-bond donors (Lipinski definition) is 0. The van der Waals surface area contributed by atoms with Crippen LogP contribution in [0.1, 0.15) is 25.8 Å². The second-order valence-corrected chi connectivity index (χ2v) is 5.79. The lowest BCUT2D eigenvalue weighted by Gasteiger charge is -2.37. The molecule has 1 aromatic rings. The van der Waals surface area contributed by atoms with E-state index in [2.05, 4.69) is 40.7 Å². The summed E-state index contributed by atoms with van der Waals surface area (Å²) < 4.78 is 0.892. The number of benzene rings is 1. The van der Waals surface area contributed by atoms with E-state index < -0.39 is 0 Å². The zero-order valence-corrected chi connectivity index (χ0v) is 11.9. The van der Waals surface area contributed by atoms with Crippen LogP contribution in [0.25, 0.3) is 0 Å². The van der Waals surface area contributed by atoms with E-state index in [1.165, 1.54) is 6.42 Å². The number of nitrogens with zero attached hydrogens (tertiary/aromatic N) is 2. The van der Waals surface area contributed by atoms with E-state index in [1.807, 2.05) is 18.2 Å². The van der Waals surface area contributed by atoms with Crippen LogP contribution < -0.4 is 4.90 Å². The average molecular weight is 293 g/mol. The Bertz CT molecular complexity index is 450. The fourth-order valence-electron chi connectivity index (χ4n) is 2.37. The zero-order chi connectivity index (χ0) is 12.4. The minimum absolute atomic E-state index is 0.689. The highest BCUT2D eigenvalue weighted by molar-refractivity contribution is 9.10. The van der Waals surface area contributed by atoms with Gasteiger partial charge in [-0.25, -0.2) is 0 Å². The van der Waals surface area contributed by atoms with E-state index in [4.69, 9.17) is 0 Å². The van der Waals surface area contributed by atoms with Gasteiger partial charge in [0.1, 0.15) is 6.07 Å². The molecule has 1 heterocycles. The summed E-state index contributed by atoms with van der Waals surface area (Å²) in [4.78, 5) is 2.34. The van der Waals surface area contributed by atoms with Crippen LogP contribution in [0.15, 0.2) is 22.7 Å². The molecule has 1 aromatic carbocycles. The third-order valence-electron chi connectivity index (χ3n) is 3.78. The topological polar surface area (TPSA) is 27.0 Å². The fraction of sp³-hybridized carbons (Fsp3) is 0.500. The molecule has 0 aliphatic carbocycles. The predicted octanol–water partition coefficient (Wildman–Crippen LogP) is 3.80. The first-order chi connectivity index (χ1) is 8.13. The Hall–Kier alpha value is -1.01. The minimum Gasteiger partial charge on any atom is -0.370 e. The van der Waals surface area contributed by atoms with Crippen molar-refractivity contribution in [3.05, 3.63) is 28.2 Å². The molecule has 0 N–H and O–H groups in total. The van der Waals surface area contributed by atoms with Crippen LogP contribution in [0.4, 0.5) is 5.69 Å². The van der Waals surface area contributed by atoms with Crippen molar-refractivity contribution in [2.45, 2.75) is 20.3 Å². The van der Waals surface area contributed by atoms with Crippen LogP contribution in [0.5, 0.6) is 0 Å². The highest BCUT2D eigenvalue weighted by atomic mass is 79.9. The summed E-state index contributed by atoms with van der Waals surface area (Å²) in [6.45, 7) is 6.71. The summed E-state index contributed by atoms with van der Waals surface area (Å²) in [7, 11) is 0. The van der Waals surface area contributed by atoms with Crippen LogP contribution in [0.2, 0.25) is 0 Å². The van der Waals surface area contributed by atoms with Crippen LogP contribution >= 0.6 is 15.9 Å². The minimum atomic E-state index is 0.689. The number of rotatable bonds is 1. The number of piperidine rings is 1. The number of anilines is 1. The molecule has 1 saturated heterocycles. The molecule has 2 unspecified atom stereocenters. The molecule has 90 valence electrons. The monoisotopic (exact) mass is 292 g/mol. The number of nitriles is 1. The molecule has 0 saturated carbocycles. The van der Waals surface area contributed by atoms with Gasteiger partial charge < -0.3 is 4.90 Å². The summed E-state index contributed by atoms with van der Waals surface area (Å²) in [5.74, 6) is 1.47. The maximum absolute atomic E-state index is 9.24. The Morgan fingerprint density at radius 1 is 1.35 bits per heavy atom. The van der Waals surface area contributed by atoms with Gasteiger partial charge in [-0.05, 0) is 46.3 Å². The quantitative estimate of drug-likeness (QED) is 0.787. The van der Waals surface area contributed by atoms with Crippen molar-refractivity contribution < 1.29 is 0 Å². The average Bonchev–Trinajstić information content (AvgIpc) is 2.32. The van der Waals surface area contributed by atoms with Crippen LogP contribution in [0, 0.1) is 23.2 Å². The molecule has 0 bridgehead atoms. The van der Waals surface area contributed by atoms with Crippen molar-refractivity contribution in [2.24, 2.45) is 11.8 Å². The summed E-state index contributed by atoms with van der Waals surface area (Å²) in [6.07, 6.45) is 1.21. The van der Waals surface area contributed by atoms with Crippen molar-refractivity contribution in [2.75, 3.05) is 18.0 Å². The van der Waals surface area contributed by atoms with Gasteiger partial charge in [-0.2, -0.15) is 5.26 Å². The van der Waals surface area contributed by atoms with E-state index in [-0.39, 0.29) is 0 Å². The van der Waals surface area contributed by atoms with Crippen molar-refractivity contribution in [3.63, 3.8) is 0 Å². The van der Waals surface area contributed by atoms with Crippen LogP contribution in [-0.2, 0) is 0 Å². The SMILES string of the molecule is CC1CCN(c2cccc(Br)c2C#N)CC1C. The maximum Gasteiger partial charge on any atom is 0.103 e. The summed E-state index contributed by atoms with van der Waals surface area (Å²) >= 11 is 3.45. The van der Waals surface area contributed by atoms with Gasteiger partial charge in [-0.1, -0.05) is 19.9 Å². The van der Waals surface area contributed by atoms with Crippen LogP contribution in [0.3, 0.4) is 0 Å². The van der Waals surface area contributed by atoms with Gasteiger partial charge in [0.05, 0.1) is 11.3 Å². The standard InChI is InChI=1S/C14H17BrN2/c1-10-6-7-17(9-11(10)2)14-5-3-4-13(15)12(14)8-16/h3-5,10-11H,6-7,9H2,1-2H3. The highest BCUT2D eigenvalue weighted by Crippen LogP contribution is 2.32. The van der Waals surface area contributed by atoms with Crippen molar-refractivity contribution in [3.8, 4) is 6.07 Å². The lowest BCUT2D eigenvalue weighted by atomic mass is 9.88. The molecule has 2 rings (SSSR count). The lowest BCUT2D eigenvalue weighted by Crippen LogP contribution is -2.38. The van der Waals surface area contributed by atoms with Gasteiger partial charge in [0.15, 0.2) is 0 Å². The van der Waals surface area contributed by atoms with Gasteiger partial charge in [0.2, 0.25) is 0 Å². The molecule has 1 fully saturated rings. The van der Waals surface area contributed by atoms with Crippen LogP contribution in [-0.4, -0.2) is 13.1 Å². The first-order valence-corrected chi connectivity index (χ1v) is 6.86. The molecule has 0 amide bonds. The van der Waals surface area contributed by atoms with Gasteiger partial charge in [0, 0.05) is 17.6 Å². The Morgan fingerprint density at radius 3 is 2.76 bits per heavy atom. The van der Waals surface area contributed by atoms with Gasteiger partial charge in [-0.15, -0.1) is 0 Å². The maximum atomic E-state index is 9.24. The highest BCUT2D eigenvalue weighted by Gasteiger charge is 2.24. The molecular weight excluding hydrogens is 276 g/mol. The van der Waals surface area contributed by atoms with E-state index in [0.717, 1.165) is 34.7 Å². The fourth-order valence-corrected chi connectivity index (χ4v) is 2.81. The first kappa shape index (κ1) is 12.4. The molecule has 0 radical (unpaired) electrons. The molecule has 1 aliphatic heterocycles. The molecule has 3 heteroatoms. The third-order valence-corrected chi connectivity index (χ3v) is 4.44.